The highest BCUT2D eigenvalue weighted by Crippen LogP contribution is 2.41. The number of ether oxygens (including phenoxy) is 1. The average molecular weight is 300 g/mol. The van der Waals surface area contributed by atoms with E-state index in [1.807, 2.05) is 36.4 Å². The number of rotatable bonds is 4. The number of para-hydroxylation sites is 1. The van der Waals surface area contributed by atoms with Gasteiger partial charge in [0.1, 0.15) is 11.4 Å². The van der Waals surface area contributed by atoms with Crippen molar-refractivity contribution in [3.8, 4) is 5.75 Å². The van der Waals surface area contributed by atoms with E-state index in [0.717, 1.165) is 22.5 Å². The Morgan fingerprint density at radius 3 is 2.43 bits per heavy atom. The molecule has 0 amide bonds. The molecule has 3 heteroatoms. The lowest BCUT2D eigenvalue weighted by molar-refractivity contribution is 0.416. The van der Waals surface area contributed by atoms with E-state index < -0.39 is 0 Å². The van der Waals surface area contributed by atoms with Crippen LogP contribution in [0, 0.1) is 0 Å². The zero-order valence-corrected chi connectivity index (χ0v) is 12.8. The second kappa shape index (κ2) is 5.69. The molecule has 23 heavy (non-hydrogen) atoms. The minimum absolute atomic E-state index is 0.381. The summed E-state index contributed by atoms with van der Waals surface area (Å²) in [4.78, 5) is 0. The average Bonchev–Trinajstić information content (AvgIpc) is 3.44. The molecule has 0 aromatic heterocycles. The van der Waals surface area contributed by atoms with E-state index in [1.54, 1.807) is 7.11 Å². The zero-order valence-electron chi connectivity index (χ0n) is 12.8. The van der Waals surface area contributed by atoms with Gasteiger partial charge in [-0.15, -0.1) is 10.2 Å². The van der Waals surface area contributed by atoms with Gasteiger partial charge in [0.25, 0.3) is 0 Å². The Labute approximate surface area is 134 Å². The standard InChI is InChI=1S/C20H16N2O/c1-23-19-9-5-4-8-18(19)21-22-20-16-7-3-2-6-14(16)12-13-17(20)15-10-11-15/h2-13,15H,1H3. The van der Waals surface area contributed by atoms with E-state index in [9.17, 15) is 0 Å². The van der Waals surface area contributed by atoms with Crippen molar-refractivity contribution in [3.05, 3.63) is 78.4 Å². The lowest BCUT2D eigenvalue weighted by Gasteiger charge is -2.08. The number of benzene rings is 3. The van der Waals surface area contributed by atoms with Crippen molar-refractivity contribution in [1.29, 1.82) is 0 Å². The summed E-state index contributed by atoms with van der Waals surface area (Å²) < 4.78 is 5.35. The first-order valence-electron chi connectivity index (χ1n) is 7.61. The summed E-state index contributed by atoms with van der Waals surface area (Å²) in [7, 11) is 1.64. The van der Waals surface area contributed by atoms with Crippen LogP contribution in [0.15, 0.2) is 83.0 Å². The molecule has 112 valence electrons. The minimum atomic E-state index is 0.381. The Morgan fingerprint density at radius 1 is 0.826 bits per heavy atom. The first-order valence-corrected chi connectivity index (χ1v) is 7.61. The fourth-order valence-electron chi connectivity index (χ4n) is 2.73. The zero-order chi connectivity index (χ0) is 15.6. The summed E-state index contributed by atoms with van der Waals surface area (Å²) in [5, 5.41) is 11.3. The van der Waals surface area contributed by atoms with Crippen molar-refractivity contribution in [2.75, 3.05) is 7.11 Å². The van der Waals surface area contributed by atoms with Gasteiger partial charge in [0, 0.05) is 11.3 Å². The summed E-state index contributed by atoms with van der Waals surface area (Å²) in [5.74, 6) is 1.11. The van der Waals surface area contributed by atoms with Crippen LogP contribution >= 0.6 is 0 Å². The minimum Gasteiger partial charge on any atom is -0.494 e. The van der Waals surface area contributed by atoms with Gasteiger partial charge in [-0.25, -0.2) is 0 Å². The van der Waals surface area contributed by atoms with Crippen LogP contribution in [0.25, 0.3) is 10.8 Å². The molecule has 3 nitrogen and oxygen atoms in total. The van der Waals surface area contributed by atoms with Crippen LogP contribution in [0.1, 0.15) is 11.5 Å². The van der Waals surface area contributed by atoms with Crippen molar-refractivity contribution in [3.63, 3.8) is 0 Å². The Hall–Kier alpha value is -2.94. The SMILES string of the molecule is COc1ccccc1N=Nc1c(C2C=C2)ccc2ccccc12. The molecule has 0 heterocycles. The highest BCUT2D eigenvalue weighted by Gasteiger charge is 2.19. The van der Waals surface area contributed by atoms with E-state index in [2.05, 4.69) is 46.6 Å². The number of hydrogen-bond donors (Lipinski definition) is 0. The summed E-state index contributed by atoms with van der Waals surface area (Å²) >= 11 is 0. The van der Waals surface area contributed by atoms with Crippen LogP contribution in [0.5, 0.6) is 5.75 Å². The molecular formula is C20H16N2O. The molecule has 0 N–H and O–H groups in total. The third-order valence-corrected chi connectivity index (χ3v) is 4.02. The van der Waals surface area contributed by atoms with Gasteiger partial charge in [-0.2, -0.15) is 0 Å². The van der Waals surface area contributed by atoms with Crippen molar-refractivity contribution in [1.82, 2.24) is 0 Å². The third-order valence-electron chi connectivity index (χ3n) is 4.02. The predicted octanol–water partition coefficient (Wildman–Crippen LogP) is 5.92. The smallest absolute Gasteiger partial charge is 0.146 e. The van der Waals surface area contributed by atoms with Crippen molar-refractivity contribution in [2.45, 2.75) is 5.92 Å². The first kappa shape index (κ1) is 13.7. The fourth-order valence-corrected chi connectivity index (χ4v) is 2.73. The second-order valence-corrected chi connectivity index (χ2v) is 5.51. The molecule has 0 bridgehead atoms. The Bertz CT molecular complexity index is 922. The Kier molecular flexibility index (Phi) is 3.39. The summed E-state index contributed by atoms with van der Waals surface area (Å²) in [6, 6.07) is 20.2. The monoisotopic (exact) mass is 300 g/mol. The maximum atomic E-state index is 5.35. The molecule has 0 aliphatic heterocycles. The molecule has 4 rings (SSSR count). The number of allylic oxidation sites excluding steroid dienone is 2. The molecule has 1 aliphatic rings. The van der Waals surface area contributed by atoms with Gasteiger partial charge in [-0.05, 0) is 23.1 Å². The molecule has 0 atom stereocenters. The maximum absolute atomic E-state index is 5.35. The van der Waals surface area contributed by atoms with Gasteiger partial charge in [0.2, 0.25) is 0 Å². The molecule has 1 aliphatic carbocycles. The largest absolute Gasteiger partial charge is 0.494 e. The summed E-state index contributed by atoms with van der Waals surface area (Å²) in [6.07, 6.45) is 4.35. The molecule has 0 saturated heterocycles. The maximum Gasteiger partial charge on any atom is 0.146 e. The molecule has 0 spiro atoms. The molecular weight excluding hydrogens is 284 g/mol. The van der Waals surface area contributed by atoms with Crippen LogP contribution in [0.4, 0.5) is 11.4 Å². The quantitative estimate of drug-likeness (QED) is 0.435. The molecule has 0 unspecified atom stereocenters. The molecule has 0 radical (unpaired) electrons. The van der Waals surface area contributed by atoms with Gasteiger partial charge in [0.05, 0.1) is 12.8 Å². The van der Waals surface area contributed by atoms with Crippen LogP contribution in [0.2, 0.25) is 0 Å². The Morgan fingerprint density at radius 2 is 1.61 bits per heavy atom. The number of nitrogens with zero attached hydrogens (tertiary/aromatic N) is 2. The Balaban J connectivity index is 1.84. The highest BCUT2D eigenvalue weighted by molar-refractivity contribution is 5.94. The van der Waals surface area contributed by atoms with E-state index in [0.29, 0.717) is 5.92 Å². The van der Waals surface area contributed by atoms with Gasteiger partial charge in [-0.1, -0.05) is 60.7 Å². The van der Waals surface area contributed by atoms with Crippen LogP contribution in [-0.4, -0.2) is 7.11 Å². The van der Waals surface area contributed by atoms with Gasteiger partial charge >= 0.3 is 0 Å². The predicted molar refractivity (Wildman–Crippen MR) is 93.0 cm³/mol. The molecule has 0 saturated carbocycles. The van der Waals surface area contributed by atoms with Gasteiger partial charge in [-0.3, -0.25) is 0 Å². The van der Waals surface area contributed by atoms with E-state index in [4.69, 9.17) is 4.74 Å². The van der Waals surface area contributed by atoms with Gasteiger partial charge in [0.15, 0.2) is 0 Å². The van der Waals surface area contributed by atoms with Crippen LogP contribution in [0.3, 0.4) is 0 Å². The fraction of sp³-hybridized carbons (Fsp3) is 0.100. The number of azo groups is 1. The van der Waals surface area contributed by atoms with Crippen molar-refractivity contribution < 1.29 is 4.74 Å². The second-order valence-electron chi connectivity index (χ2n) is 5.51. The van der Waals surface area contributed by atoms with E-state index in [1.165, 1.54) is 10.9 Å². The summed E-state index contributed by atoms with van der Waals surface area (Å²) in [5.41, 5.74) is 2.86. The van der Waals surface area contributed by atoms with Crippen molar-refractivity contribution in [2.24, 2.45) is 10.2 Å². The van der Waals surface area contributed by atoms with Crippen LogP contribution in [-0.2, 0) is 0 Å². The number of hydrogen-bond acceptors (Lipinski definition) is 3. The topological polar surface area (TPSA) is 34.0 Å². The highest BCUT2D eigenvalue weighted by atomic mass is 16.5. The van der Waals surface area contributed by atoms with Crippen LogP contribution < -0.4 is 4.74 Å². The normalized spacial score (nSPS) is 13.8. The molecule has 3 aromatic carbocycles. The third kappa shape index (κ3) is 2.61. The number of fused-ring (bicyclic) bond motifs is 1. The molecule has 3 aromatic rings. The van der Waals surface area contributed by atoms with Crippen molar-refractivity contribution >= 4 is 22.1 Å². The van der Waals surface area contributed by atoms with E-state index in [-0.39, 0.29) is 0 Å². The van der Waals surface area contributed by atoms with Gasteiger partial charge < -0.3 is 4.74 Å². The lowest BCUT2D eigenvalue weighted by Crippen LogP contribution is -1.85. The summed E-state index contributed by atoms with van der Waals surface area (Å²) in [6.45, 7) is 0. The number of methoxy groups -OCH3 is 1. The van der Waals surface area contributed by atoms with E-state index >= 15 is 0 Å². The lowest BCUT2D eigenvalue weighted by atomic mass is 10.0. The first-order chi connectivity index (χ1) is 11.4. The molecule has 0 fully saturated rings.